The van der Waals surface area contributed by atoms with Crippen LogP contribution in [0.5, 0.6) is 0 Å². The fraction of sp³-hybridized carbons (Fsp3) is 0.450. The molecule has 0 aliphatic carbocycles. The van der Waals surface area contributed by atoms with E-state index >= 15 is 0 Å². The second kappa shape index (κ2) is 8.66. The number of aryl methyl sites for hydroxylation is 1. The number of hydrazone groups is 1. The third-order valence-corrected chi connectivity index (χ3v) is 5.96. The largest absolute Gasteiger partial charge is 0.461 e. The molecule has 1 spiro atoms. The summed E-state index contributed by atoms with van der Waals surface area (Å²) in [6.07, 6.45) is 1.78. The van der Waals surface area contributed by atoms with Gasteiger partial charge in [-0.05, 0) is 44.7 Å². The van der Waals surface area contributed by atoms with Gasteiger partial charge in [0, 0.05) is 27.3 Å². The molecule has 30 heavy (non-hydrogen) atoms. The van der Waals surface area contributed by atoms with E-state index in [9.17, 15) is 9.59 Å². The van der Waals surface area contributed by atoms with Crippen LogP contribution < -0.4 is 15.8 Å². The van der Waals surface area contributed by atoms with Crippen LogP contribution in [-0.2, 0) is 14.3 Å². The molecule has 1 aromatic carbocycles. The first-order valence-electron chi connectivity index (χ1n) is 9.70. The maximum absolute atomic E-state index is 13.2. The topological polar surface area (TPSA) is 89.5 Å². The molecule has 0 aromatic heterocycles. The minimum atomic E-state index is -1.19. The highest BCUT2D eigenvalue weighted by Crippen LogP contribution is 2.41. The van der Waals surface area contributed by atoms with E-state index in [0.29, 0.717) is 5.57 Å². The van der Waals surface area contributed by atoms with Gasteiger partial charge in [0.05, 0.1) is 23.9 Å². The second-order valence-corrected chi connectivity index (χ2v) is 8.56. The molecule has 1 fully saturated rings. The molecule has 2 unspecified atom stereocenters. The van der Waals surface area contributed by atoms with Crippen LogP contribution in [0.15, 0.2) is 41.1 Å². The summed E-state index contributed by atoms with van der Waals surface area (Å²) in [5.74, 6) is -0.779. The molecule has 2 atom stereocenters. The fourth-order valence-electron chi connectivity index (χ4n) is 3.24. The molecule has 1 saturated heterocycles. The zero-order chi connectivity index (χ0) is 22.1. The van der Waals surface area contributed by atoms with Crippen molar-refractivity contribution < 1.29 is 14.3 Å². The molecule has 2 aliphatic heterocycles. The highest BCUT2D eigenvalue weighted by atomic mass is 32.2. The molecular weight excluding hydrogens is 404 g/mol. The number of esters is 1. The highest BCUT2D eigenvalue weighted by Gasteiger charge is 2.54. The zero-order valence-corrected chi connectivity index (χ0v) is 18.9. The number of benzene rings is 1. The first kappa shape index (κ1) is 22.1. The standard InChI is InChI=1S/C20H28N6O3S/c1-7-29-19(28)18-23-26(15-10-8-13(2)9-11-15)20(30-18)21-17(27)16(12-24(4)5)14(3)22-25(20)6/h8-12,14,22H,7H2,1-6H3,(H,21,27)/b16-12+. The van der Waals surface area contributed by atoms with Crippen molar-refractivity contribution >= 4 is 34.4 Å². The van der Waals surface area contributed by atoms with Gasteiger partial charge in [-0.3, -0.25) is 4.79 Å². The SMILES string of the molecule is CCOC(=O)C1=NN(c2ccc(C)cc2)C2(NC(=O)/C(=C/N(C)C)C(C)NN2C)S1. The van der Waals surface area contributed by atoms with Crippen molar-refractivity contribution in [3.8, 4) is 0 Å². The van der Waals surface area contributed by atoms with E-state index in [4.69, 9.17) is 4.74 Å². The number of amides is 1. The normalized spacial score (nSPS) is 25.9. The summed E-state index contributed by atoms with van der Waals surface area (Å²) in [6, 6.07) is 7.46. The van der Waals surface area contributed by atoms with Gasteiger partial charge in [-0.25, -0.2) is 15.2 Å². The Morgan fingerprint density at radius 3 is 2.63 bits per heavy atom. The lowest BCUT2D eigenvalue weighted by molar-refractivity contribution is -0.134. The predicted molar refractivity (Wildman–Crippen MR) is 118 cm³/mol. The number of ether oxygens (including phenoxy) is 1. The number of hydrazine groups is 1. The molecule has 10 heteroatoms. The average Bonchev–Trinajstić information content (AvgIpc) is 3.03. The van der Waals surface area contributed by atoms with Crippen LogP contribution in [0, 0.1) is 6.92 Å². The molecule has 2 N–H and O–H groups in total. The Labute approximate surface area is 181 Å². The smallest absolute Gasteiger partial charge is 0.365 e. The lowest BCUT2D eigenvalue weighted by Gasteiger charge is -2.41. The van der Waals surface area contributed by atoms with E-state index in [1.807, 2.05) is 64.2 Å². The Bertz CT molecular complexity index is 885. The molecule has 0 bridgehead atoms. The minimum absolute atomic E-state index is 0.166. The molecule has 2 heterocycles. The molecule has 1 aromatic rings. The summed E-state index contributed by atoms with van der Waals surface area (Å²) in [6.45, 7) is 5.88. The van der Waals surface area contributed by atoms with E-state index in [1.165, 1.54) is 0 Å². The molecule has 3 rings (SSSR count). The van der Waals surface area contributed by atoms with Gasteiger partial charge in [-0.2, -0.15) is 10.1 Å². The lowest BCUT2D eigenvalue weighted by Crippen LogP contribution is -2.66. The first-order chi connectivity index (χ1) is 14.2. The molecule has 0 radical (unpaired) electrons. The van der Waals surface area contributed by atoms with Crippen molar-refractivity contribution in [2.75, 3.05) is 32.8 Å². The maximum atomic E-state index is 13.2. The number of hydrogen-bond acceptors (Lipinski definition) is 9. The van der Waals surface area contributed by atoms with Gasteiger partial charge in [0.2, 0.25) is 5.04 Å². The summed E-state index contributed by atoms with van der Waals surface area (Å²) in [5, 5.41) is 9.99. The molecular formula is C20H28N6O3S. The molecule has 9 nitrogen and oxygen atoms in total. The number of carbonyl (C=O) groups is 2. The summed E-state index contributed by atoms with van der Waals surface area (Å²) in [5.41, 5.74) is 5.72. The van der Waals surface area contributed by atoms with Gasteiger partial charge in [0.15, 0.2) is 0 Å². The summed E-state index contributed by atoms with van der Waals surface area (Å²) < 4.78 is 5.16. The second-order valence-electron chi connectivity index (χ2n) is 7.40. The van der Waals surface area contributed by atoms with Gasteiger partial charge >= 0.3 is 5.97 Å². The van der Waals surface area contributed by atoms with Crippen LogP contribution in [-0.4, -0.2) is 65.7 Å². The Hall–Kier alpha value is -2.56. The zero-order valence-electron chi connectivity index (χ0n) is 18.1. The van der Waals surface area contributed by atoms with Crippen molar-refractivity contribution in [2.24, 2.45) is 5.10 Å². The summed E-state index contributed by atoms with van der Waals surface area (Å²) in [7, 11) is 5.54. The molecule has 162 valence electrons. The van der Waals surface area contributed by atoms with Crippen molar-refractivity contribution in [1.82, 2.24) is 20.7 Å². The Morgan fingerprint density at radius 1 is 1.37 bits per heavy atom. The third-order valence-electron chi connectivity index (χ3n) is 4.69. The maximum Gasteiger partial charge on any atom is 0.365 e. The number of nitrogens with zero attached hydrogens (tertiary/aromatic N) is 4. The number of hydrogen-bond donors (Lipinski definition) is 2. The van der Waals surface area contributed by atoms with Gasteiger partial charge in [0.1, 0.15) is 0 Å². The van der Waals surface area contributed by atoms with E-state index in [0.717, 1.165) is 23.0 Å². The van der Waals surface area contributed by atoms with Gasteiger partial charge in [0.25, 0.3) is 11.0 Å². The third kappa shape index (κ3) is 4.16. The van der Waals surface area contributed by atoms with Crippen molar-refractivity contribution in [3.63, 3.8) is 0 Å². The predicted octanol–water partition coefficient (Wildman–Crippen LogP) is 1.44. The van der Waals surface area contributed by atoms with Crippen molar-refractivity contribution in [3.05, 3.63) is 41.6 Å². The summed E-state index contributed by atoms with van der Waals surface area (Å²) >= 11 is 1.13. The number of nitrogens with one attached hydrogen (secondary N) is 2. The Morgan fingerprint density at radius 2 is 2.03 bits per heavy atom. The number of anilines is 1. The number of carbonyl (C=O) groups excluding carboxylic acids is 2. The van der Waals surface area contributed by atoms with Crippen LogP contribution in [0.4, 0.5) is 5.69 Å². The molecule has 2 aliphatic rings. The van der Waals surface area contributed by atoms with E-state index in [2.05, 4.69) is 15.8 Å². The van der Waals surface area contributed by atoms with Gasteiger partial charge < -0.3 is 15.0 Å². The van der Waals surface area contributed by atoms with Gasteiger partial charge in [-0.15, -0.1) is 0 Å². The van der Waals surface area contributed by atoms with E-state index < -0.39 is 11.1 Å². The van der Waals surface area contributed by atoms with Crippen LogP contribution in [0.3, 0.4) is 0 Å². The molecule has 1 amide bonds. The van der Waals surface area contributed by atoms with Gasteiger partial charge in [-0.1, -0.05) is 17.7 Å². The number of thioether (sulfide) groups is 1. The highest BCUT2D eigenvalue weighted by molar-refractivity contribution is 8.17. The van der Waals surface area contributed by atoms with Crippen LogP contribution in [0.1, 0.15) is 19.4 Å². The van der Waals surface area contributed by atoms with Crippen molar-refractivity contribution in [1.29, 1.82) is 0 Å². The van der Waals surface area contributed by atoms with E-state index in [1.54, 1.807) is 23.1 Å². The number of rotatable bonds is 4. The fourth-order valence-corrected chi connectivity index (χ4v) is 4.34. The first-order valence-corrected chi connectivity index (χ1v) is 10.5. The monoisotopic (exact) mass is 432 g/mol. The molecule has 0 saturated carbocycles. The quantitative estimate of drug-likeness (QED) is 0.546. The average molecular weight is 433 g/mol. The lowest BCUT2D eigenvalue weighted by atomic mass is 10.1. The minimum Gasteiger partial charge on any atom is -0.461 e. The van der Waals surface area contributed by atoms with Crippen LogP contribution in [0.25, 0.3) is 0 Å². The van der Waals surface area contributed by atoms with Crippen LogP contribution >= 0.6 is 11.8 Å². The van der Waals surface area contributed by atoms with Crippen molar-refractivity contribution in [2.45, 2.75) is 31.9 Å². The van der Waals surface area contributed by atoms with Crippen LogP contribution in [0.2, 0.25) is 0 Å². The Balaban J connectivity index is 2.08. The Kier molecular flexibility index (Phi) is 6.39. The van der Waals surface area contributed by atoms with E-state index in [-0.39, 0.29) is 23.6 Å². The summed E-state index contributed by atoms with van der Waals surface area (Å²) in [4.78, 5) is 27.5.